The van der Waals surface area contributed by atoms with Crippen molar-refractivity contribution in [3.05, 3.63) is 24.0 Å². The Kier molecular flexibility index (Phi) is 5.22. The van der Waals surface area contributed by atoms with Crippen molar-refractivity contribution in [2.75, 3.05) is 33.7 Å². The lowest BCUT2D eigenvalue weighted by Crippen LogP contribution is -2.32. The van der Waals surface area contributed by atoms with Gasteiger partial charge in [-0.15, -0.1) is 0 Å². The molecule has 1 aromatic rings. The van der Waals surface area contributed by atoms with Crippen molar-refractivity contribution in [1.82, 2.24) is 14.8 Å². The van der Waals surface area contributed by atoms with Crippen molar-refractivity contribution in [3.63, 3.8) is 0 Å². The summed E-state index contributed by atoms with van der Waals surface area (Å²) in [5.74, 6) is 0.949. The molecule has 0 amide bonds. The van der Waals surface area contributed by atoms with Crippen LogP contribution in [-0.2, 0) is 6.54 Å². The average molecular weight is 291 g/mol. The molecule has 118 valence electrons. The molecule has 1 aliphatic rings. The number of pyridine rings is 1. The Morgan fingerprint density at radius 3 is 2.81 bits per heavy atom. The number of hydrogen-bond acceptors (Lipinski definition) is 4. The molecule has 21 heavy (non-hydrogen) atoms. The molecule has 4 heteroatoms. The molecule has 0 N–H and O–H groups in total. The number of ether oxygens (including phenoxy) is 1. The molecule has 0 saturated carbocycles. The maximum absolute atomic E-state index is 6.14. The minimum atomic E-state index is 0.307. The number of hydrogen-bond donors (Lipinski definition) is 0. The van der Waals surface area contributed by atoms with E-state index < -0.39 is 0 Å². The molecular formula is C17H29N3O. The van der Waals surface area contributed by atoms with Crippen LogP contribution in [0.4, 0.5) is 0 Å². The first kappa shape index (κ1) is 16.2. The Balaban J connectivity index is 1.88. The van der Waals surface area contributed by atoms with Gasteiger partial charge in [-0.2, -0.15) is 0 Å². The SMILES string of the molecule is CN(C)Cc1cc(OC2CCN(CC(C)(C)C)C2)ccn1. The Morgan fingerprint density at radius 1 is 1.38 bits per heavy atom. The Morgan fingerprint density at radius 2 is 2.14 bits per heavy atom. The Bertz CT molecular complexity index is 454. The van der Waals surface area contributed by atoms with Crippen molar-refractivity contribution in [2.45, 2.75) is 39.8 Å². The van der Waals surface area contributed by atoms with E-state index in [4.69, 9.17) is 4.74 Å². The quantitative estimate of drug-likeness (QED) is 0.834. The molecule has 1 fully saturated rings. The highest BCUT2D eigenvalue weighted by atomic mass is 16.5. The van der Waals surface area contributed by atoms with Gasteiger partial charge in [0, 0.05) is 38.4 Å². The fraction of sp³-hybridized carbons (Fsp3) is 0.706. The summed E-state index contributed by atoms with van der Waals surface area (Å²) in [6.07, 6.45) is 3.26. The smallest absolute Gasteiger partial charge is 0.123 e. The third-order valence-electron chi connectivity index (χ3n) is 3.50. The minimum absolute atomic E-state index is 0.307. The zero-order valence-electron chi connectivity index (χ0n) is 14.1. The van der Waals surface area contributed by atoms with Gasteiger partial charge in [-0.05, 0) is 32.0 Å². The minimum Gasteiger partial charge on any atom is -0.489 e. The zero-order chi connectivity index (χ0) is 15.5. The lowest BCUT2D eigenvalue weighted by molar-refractivity contribution is 0.176. The number of nitrogens with zero attached hydrogens (tertiary/aromatic N) is 3. The first-order valence-electron chi connectivity index (χ1n) is 7.80. The largest absolute Gasteiger partial charge is 0.489 e. The molecule has 1 unspecified atom stereocenters. The lowest BCUT2D eigenvalue weighted by atomic mass is 9.96. The first-order valence-corrected chi connectivity index (χ1v) is 7.80. The monoisotopic (exact) mass is 291 g/mol. The number of likely N-dealkylation sites (tertiary alicyclic amines) is 1. The van der Waals surface area contributed by atoms with Crippen LogP contribution in [0.3, 0.4) is 0 Å². The molecule has 0 aromatic carbocycles. The van der Waals surface area contributed by atoms with E-state index in [2.05, 4.69) is 55.7 Å². The van der Waals surface area contributed by atoms with Crippen molar-refractivity contribution in [3.8, 4) is 5.75 Å². The van der Waals surface area contributed by atoms with E-state index in [-0.39, 0.29) is 0 Å². The van der Waals surface area contributed by atoms with Crippen LogP contribution in [0.25, 0.3) is 0 Å². The van der Waals surface area contributed by atoms with Gasteiger partial charge in [0.2, 0.25) is 0 Å². The highest BCUT2D eigenvalue weighted by Gasteiger charge is 2.27. The summed E-state index contributed by atoms with van der Waals surface area (Å²) in [6.45, 7) is 11.0. The predicted octanol–water partition coefficient (Wildman–Crippen LogP) is 2.64. The molecule has 1 aromatic heterocycles. The fourth-order valence-corrected chi connectivity index (χ4v) is 2.84. The van der Waals surface area contributed by atoms with Crippen molar-refractivity contribution < 1.29 is 4.74 Å². The standard InChI is InChI=1S/C17H29N3O/c1-17(2,3)13-20-9-7-16(12-20)21-15-6-8-18-14(10-15)11-19(4)5/h6,8,10,16H,7,9,11-13H2,1-5H3. The summed E-state index contributed by atoms with van der Waals surface area (Å²) in [7, 11) is 4.10. The van der Waals surface area contributed by atoms with Gasteiger partial charge < -0.3 is 9.64 Å². The van der Waals surface area contributed by atoms with E-state index in [1.807, 2.05) is 12.3 Å². The number of rotatable bonds is 5. The fourth-order valence-electron chi connectivity index (χ4n) is 2.84. The summed E-state index contributed by atoms with van der Waals surface area (Å²) in [6, 6.07) is 4.03. The van der Waals surface area contributed by atoms with Crippen molar-refractivity contribution in [1.29, 1.82) is 0 Å². The van der Waals surface area contributed by atoms with Gasteiger partial charge >= 0.3 is 0 Å². The Hall–Kier alpha value is -1.13. The molecule has 0 bridgehead atoms. The van der Waals surface area contributed by atoms with Crippen molar-refractivity contribution >= 4 is 0 Å². The van der Waals surface area contributed by atoms with Crippen LogP contribution < -0.4 is 4.74 Å². The first-order chi connectivity index (χ1) is 9.82. The molecular weight excluding hydrogens is 262 g/mol. The van der Waals surface area contributed by atoms with E-state index in [0.29, 0.717) is 11.5 Å². The van der Waals surface area contributed by atoms with E-state index in [1.54, 1.807) is 0 Å². The molecule has 1 aliphatic heterocycles. The molecule has 0 spiro atoms. The maximum Gasteiger partial charge on any atom is 0.123 e. The van der Waals surface area contributed by atoms with E-state index in [0.717, 1.165) is 44.0 Å². The van der Waals surface area contributed by atoms with Crippen LogP contribution in [0.5, 0.6) is 5.75 Å². The molecule has 1 atom stereocenters. The second kappa shape index (κ2) is 6.75. The van der Waals surface area contributed by atoms with Crippen LogP contribution in [-0.4, -0.2) is 54.6 Å². The topological polar surface area (TPSA) is 28.6 Å². The van der Waals surface area contributed by atoms with Crippen LogP contribution >= 0.6 is 0 Å². The average Bonchev–Trinajstić information content (AvgIpc) is 2.73. The molecule has 2 rings (SSSR count). The number of aromatic nitrogens is 1. The zero-order valence-corrected chi connectivity index (χ0v) is 14.1. The molecule has 0 radical (unpaired) electrons. The molecule has 0 aliphatic carbocycles. The van der Waals surface area contributed by atoms with Gasteiger partial charge in [-0.1, -0.05) is 20.8 Å². The molecule has 4 nitrogen and oxygen atoms in total. The van der Waals surface area contributed by atoms with E-state index >= 15 is 0 Å². The van der Waals surface area contributed by atoms with Gasteiger partial charge in [0.05, 0.1) is 5.69 Å². The summed E-state index contributed by atoms with van der Waals surface area (Å²) in [5, 5.41) is 0. The van der Waals surface area contributed by atoms with Gasteiger partial charge in [0.25, 0.3) is 0 Å². The van der Waals surface area contributed by atoms with Crippen LogP contribution in [0.2, 0.25) is 0 Å². The second-order valence-electron chi connectivity index (χ2n) is 7.54. The third-order valence-corrected chi connectivity index (χ3v) is 3.50. The summed E-state index contributed by atoms with van der Waals surface area (Å²) < 4.78 is 6.14. The van der Waals surface area contributed by atoms with Gasteiger partial charge in [0.1, 0.15) is 11.9 Å². The van der Waals surface area contributed by atoms with E-state index in [1.165, 1.54) is 0 Å². The van der Waals surface area contributed by atoms with Crippen LogP contribution in [0, 0.1) is 5.41 Å². The van der Waals surface area contributed by atoms with Crippen LogP contribution in [0.15, 0.2) is 18.3 Å². The lowest BCUT2D eigenvalue weighted by Gasteiger charge is -2.26. The normalized spacial score (nSPS) is 20.2. The summed E-state index contributed by atoms with van der Waals surface area (Å²) in [5.41, 5.74) is 1.41. The third kappa shape index (κ3) is 5.64. The van der Waals surface area contributed by atoms with Gasteiger partial charge in [-0.25, -0.2) is 0 Å². The molecule has 1 saturated heterocycles. The maximum atomic E-state index is 6.14. The molecule has 2 heterocycles. The Labute approximate surface area is 129 Å². The highest BCUT2D eigenvalue weighted by molar-refractivity contribution is 5.23. The van der Waals surface area contributed by atoms with Gasteiger partial charge in [0.15, 0.2) is 0 Å². The summed E-state index contributed by atoms with van der Waals surface area (Å²) in [4.78, 5) is 9.01. The van der Waals surface area contributed by atoms with Crippen LogP contribution in [0.1, 0.15) is 32.9 Å². The van der Waals surface area contributed by atoms with Gasteiger partial charge in [-0.3, -0.25) is 9.88 Å². The highest BCUT2D eigenvalue weighted by Crippen LogP contribution is 2.22. The van der Waals surface area contributed by atoms with Crippen molar-refractivity contribution in [2.24, 2.45) is 5.41 Å². The second-order valence-corrected chi connectivity index (χ2v) is 7.54. The van der Waals surface area contributed by atoms with E-state index in [9.17, 15) is 0 Å². The summed E-state index contributed by atoms with van der Waals surface area (Å²) >= 11 is 0. The predicted molar refractivity (Wildman–Crippen MR) is 86.6 cm³/mol.